The summed E-state index contributed by atoms with van der Waals surface area (Å²) in [4.78, 5) is 2.77. The molecule has 114 valence electrons. The van der Waals surface area contributed by atoms with Gasteiger partial charge in [-0.1, -0.05) is 43.5 Å². The molecule has 2 fully saturated rings. The Balaban J connectivity index is 1.43. The minimum atomic E-state index is 0.442. The first-order chi connectivity index (χ1) is 10.3. The van der Waals surface area contributed by atoms with Gasteiger partial charge < -0.3 is 10.2 Å². The lowest BCUT2D eigenvalue weighted by atomic mass is 9.76. The van der Waals surface area contributed by atoms with Gasteiger partial charge >= 0.3 is 0 Å². The van der Waals surface area contributed by atoms with Crippen LogP contribution in [-0.4, -0.2) is 36.6 Å². The molecule has 1 aromatic rings. The molecule has 0 radical (unpaired) electrons. The van der Waals surface area contributed by atoms with Crippen molar-refractivity contribution in [2.24, 2.45) is 0 Å². The lowest BCUT2D eigenvalue weighted by molar-refractivity contribution is 0.155. The van der Waals surface area contributed by atoms with Gasteiger partial charge in [0.2, 0.25) is 0 Å². The van der Waals surface area contributed by atoms with Crippen LogP contribution in [0.15, 0.2) is 24.3 Å². The summed E-state index contributed by atoms with van der Waals surface area (Å²) in [6.45, 7) is 5.07. The summed E-state index contributed by atoms with van der Waals surface area (Å²) in [5.41, 5.74) is 3.65. The fourth-order valence-corrected chi connectivity index (χ4v) is 4.78. The Morgan fingerprint density at radius 2 is 1.95 bits per heavy atom. The minimum Gasteiger partial charge on any atom is -0.310 e. The fraction of sp³-hybridized carbons (Fsp3) is 0.684. The molecule has 1 unspecified atom stereocenters. The second-order valence-electron chi connectivity index (χ2n) is 7.46. The predicted octanol–water partition coefficient (Wildman–Crippen LogP) is 3.32. The van der Waals surface area contributed by atoms with Crippen LogP contribution < -0.4 is 5.32 Å². The zero-order valence-corrected chi connectivity index (χ0v) is 13.1. The van der Waals surface area contributed by atoms with Crippen molar-refractivity contribution < 1.29 is 0 Å². The van der Waals surface area contributed by atoms with Crippen LogP contribution in [0.3, 0.4) is 0 Å². The van der Waals surface area contributed by atoms with Crippen molar-refractivity contribution in [3.05, 3.63) is 35.4 Å². The van der Waals surface area contributed by atoms with E-state index in [1.807, 2.05) is 0 Å². The molecule has 0 aromatic heterocycles. The molecule has 0 amide bonds. The van der Waals surface area contributed by atoms with Crippen molar-refractivity contribution in [3.8, 4) is 0 Å². The lowest BCUT2D eigenvalue weighted by Gasteiger charge is -2.42. The van der Waals surface area contributed by atoms with E-state index in [9.17, 15) is 0 Å². The fourth-order valence-electron chi connectivity index (χ4n) is 4.78. The van der Waals surface area contributed by atoms with E-state index in [1.165, 1.54) is 71.1 Å². The van der Waals surface area contributed by atoms with E-state index < -0.39 is 0 Å². The second-order valence-corrected chi connectivity index (χ2v) is 7.46. The van der Waals surface area contributed by atoms with Gasteiger partial charge in [0.1, 0.15) is 0 Å². The molecule has 1 saturated carbocycles. The van der Waals surface area contributed by atoms with Crippen LogP contribution in [-0.2, 0) is 6.42 Å². The van der Waals surface area contributed by atoms with Crippen molar-refractivity contribution in [2.75, 3.05) is 26.2 Å². The van der Waals surface area contributed by atoms with Gasteiger partial charge in [-0.25, -0.2) is 0 Å². The summed E-state index contributed by atoms with van der Waals surface area (Å²) < 4.78 is 0. The first kappa shape index (κ1) is 13.8. The van der Waals surface area contributed by atoms with Crippen molar-refractivity contribution in [3.63, 3.8) is 0 Å². The molecule has 1 aromatic carbocycles. The molecule has 1 N–H and O–H groups in total. The molecule has 1 heterocycles. The third kappa shape index (κ3) is 2.76. The Morgan fingerprint density at radius 1 is 1.10 bits per heavy atom. The zero-order chi connectivity index (χ0) is 14.1. The number of fused-ring (bicyclic) bond motifs is 1. The largest absolute Gasteiger partial charge is 0.310 e. The Labute approximate surface area is 128 Å². The van der Waals surface area contributed by atoms with E-state index >= 15 is 0 Å². The molecule has 2 nitrogen and oxygen atoms in total. The quantitative estimate of drug-likeness (QED) is 0.896. The van der Waals surface area contributed by atoms with Crippen LogP contribution in [0.4, 0.5) is 0 Å². The summed E-state index contributed by atoms with van der Waals surface area (Å²) in [7, 11) is 0. The second kappa shape index (κ2) is 5.73. The molecule has 1 saturated heterocycles. The molecule has 0 bridgehead atoms. The molecular formula is C19H28N2. The molecule has 4 rings (SSSR count). The van der Waals surface area contributed by atoms with E-state index in [-0.39, 0.29) is 0 Å². The summed E-state index contributed by atoms with van der Waals surface area (Å²) in [6, 6.07) is 9.04. The van der Waals surface area contributed by atoms with Gasteiger partial charge in [0, 0.05) is 24.5 Å². The maximum Gasteiger partial charge on any atom is 0.0308 e. The molecule has 3 aliphatic rings. The Kier molecular flexibility index (Phi) is 3.76. The topological polar surface area (TPSA) is 15.3 Å². The molecule has 1 aliphatic heterocycles. The Morgan fingerprint density at radius 3 is 2.81 bits per heavy atom. The molecule has 2 heteroatoms. The van der Waals surface area contributed by atoms with Gasteiger partial charge in [0.25, 0.3) is 0 Å². The average molecular weight is 284 g/mol. The van der Waals surface area contributed by atoms with Crippen LogP contribution in [0.5, 0.6) is 0 Å². The lowest BCUT2D eigenvalue weighted by Crippen LogP contribution is -2.53. The van der Waals surface area contributed by atoms with E-state index in [0.717, 1.165) is 5.92 Å². The van der Waals surface area contributed by atoms with Crippen molar-refractivity contribution in [1.82, 2.24) is 10.2 Å². The summed E-state index contributed by atoms with van der Waals surface area (Å²) in [5, 5.41) is 3.91. The number of benzene rings is 1. The van der Waals surface area contributed by atoms with Crippen molar-refractivity contribution in [1.29, 1.82) is 0 Å². The predicted molar refractivity (Wildman–Crippen MR) is 87.8 cm³/mol. The molecular weight excluding hydrogens is 256 g/mol. The van der Waals surface area contributed by atoms with Gasteiger partial charge in [-0.15, -0.1) is 0 Å². The third-order valence-electron chi connectivity index (χ3n) is 5.93. The number of nitrogens with one attached hydrogen (secondary N) is 1. The van der Waals surface area contributed by atoms with Gasteiger partial charge in [0.15, 0.2) is 0 Å². The normalized spacial score (nSPS) is 28.7. The van der Waals surface area contributed by atoms with Crippen LogP contribution in [0, 0.1) is 0 Å². The van der Waals surface area contributed by atoms with Crippen molar-refractivity contribution >= 4 is 0 Å². The summed E-state index contributed by atoms with van der Waals surface area (Å²) in [5.74, 6) is 0.792. The average Bonchev–Trinajstić information content (AvgIpc) is 2.68. The minimum absolute atomic E-state index is 0.442. The highest BCUT2D eigenvalue weighted by molar-refractivity contribution is 5.40. The highest BCUT2D eigenvalue weighted by Crippen LogP contribution is 2.37. The van der Waals surface area contributed by atoms with E-state index in [2.05, 4.69) is 34.5 Å². The molecule has 2 aliphatic carbocycles. The number of nitrogens with zero attached hydrogens (tertiary/aromatic N) is 1. The smallest absolute Gasteiger partial charge is 0.0308 e. The number of hydrogen-bond donors (Lipinski definition) is 1. The highest BCUT2D eigenvalue weighted by Gasteiger charge is 2.36. The number of rotatable bonds is 2. The monoisotopic (exact) mass is 284 g/mol. The Hall–Kier alpha value is -0.860. The first-order valence-electron chi connectivity index (χ1n) is 8.90. The van der Waals surface area contributed by atoms with E-state index in [1.54, 1.807) is 11.1 Å². The summed E-state index contributed by atoms with van der Waals surface area (Å²) in [6.07, 6.45) is 9.69. The van der Waals surface area contributed by atoms with E-state index in [4.69, 9.17) is 0 Å². The van der Waals surface area contributed by atoms with Crippen LogP contribution in [0.25, 0.3) is 0 Å². The van der Waals surface area contributed by atoms with Gasteiger partial charge in [-0.05, 0) is 49.9 Å². The zero-order valence-electron chi connectivity index (χ0n) is 13.1. The van der Waals surface area contributed by atoms with Gasteiger partial charge in [0.05, 0.1) is 0 Å². The summed E-state index contributed by atoms with van der Waals surface area (Å²) >= 11 is 0. The van der Waals surface area contributed by atoms with Crippen molar-refractivity contribution in [2.45, 2.75) is 56.4 Å². The Bertz CT molecular complexity index is 490. The van der Waals surface area contributed by atoms with Crippen LogP contribution in [0.1, 0.15) is 55.6 Å². The highest BCUT2D eigenvalue weighted by atomic mass is 15.2. The van der Waals surface area contributed by atoms with Crippen LogP contribution in [0.2, 0.25) is 0 Å². The van der Waals surface area contributed by atoms with Gasteiger partial charge in [-0.3, -0.25) is 0 Å². The maximum absolute atomic E-state index is 3.91. The van der Waals surface area contributed by atoms with Crippen LogP contribution >= 0.6 is 0 Å². The van der Waals surface area contributed by atoms with Gasteiger partial charge in [-0.2, -0.15) is 0 Å². The molecule has 1 spiro atoms. The maximum atomic E-state index is 3.91. The first-order valence-corrected chi connectivity index (χ1v) is 8.90. The molecule has 21 heavy (non-hydrogen) atoms. The number of hydrogen-bond acceptors (Lipinski definition) is 2. The standard InChI is InChI=1S/C19H28N2/c1-4-9-19(10-5-1)15-21(12-6-11-20-19)14-17-13-16-7-2-3-8-18(16)17/h2-3,7-8,17,20H,1,4-6,9-15H2. The van der Waals surface area contributed by atoms with E-state index in [0.29, 0.717) is 5.54 Å². The third-order valence-corrected chi connectivity index (χ3v) is 5.93. The molecule has 1 atom stereocenters. The SMILES string of the molecule is c1ccc2c(c1)CC2CN1CCCNC2(CCCCC2)C1.